The van der Waals surface area contributed by atoms with Crippen molar-refractivity contribution in [1.29, 1.82) is 0 Å². The molecule has 1 amide bonds. The number of carboxylic acid groups (broad SMARTS) is 1. The molecular formula is C15H23N2O3+. The van der Waals surface area contributed by atoms with Crippen LogP contribution in [0.15, 0.2) is 30.6 Å². The summed E-state index contributed by atoms with van der Waals surface area (Å²) in [6, 6.07) is 5.14. The third-order valence-electron chi connectivity index (χ3n) is 3.06. The van der Waals surface area contributed by atoms with Gasteiger partial charge in [0.1, 0.15) is 12.6 Å². The van der Waals surface area contributed by atoms with Crippen LogP contribution in [0.5, 0.6) is 0 Å². The molecule has 0 aliphatic heterocycles. The maximum absolute atomic E-state index is 11.7. The molecule has 2 N–H and O–H groups in total. The lowest BCUT2D eigenvalue weighted by molar-refractivity contribution is -0.697. The van der Waals surface area contributed by atoms with Crippen LogP contribution in [0.2, 0.25) is 0 Å². The molecule has 0 aliphatic rings. The number of amides is 1. The smallest absolute Gasteiger partial charge is 0.326 e. The van der Waals surface area contributed by atoms with Crippen molar-refractivity contribution in [3.8, 4) is 0 Å². The predicted molar refractivity (Wildman–Crippen MR) is 75.0 cm³/mol. The van der Waals surface area contributed by atoms with Crippen molar-refractivity contribution in [1.82, 2.24) is 5.32 Å². The first kappa shape index (κ1) is 16.1. The summed E-state index contributed by atoms with van der Waals surface area (Å²) in [5.41, 5.74) is 0. The number of carboxylic acids is 1. The molecule has 0 bridgehead atoms. The number of nitrogens with one attached hydrogen (secondary N) is 1. The van der Waals surface area contributed by atoms with Crippen LogP contribution < -0.4 is 9.88 Å². The number of nitrogens with zero attached hydrogens (tertiary/aromatic N) is 1. The predicted octanol–water partition coefficient (Wildman–Crippen LogP) is 1.51. The molecule has 1 unspecified atom stereocenters. The maximum atomic E-state index is 11.7. The minimum Gasteiger partial charge on any atom is -0.480 e. The number of carbonyl (C=O) groups excluding carboxylic acids is 1. The van der Waals surface area contributed by atoms with Gasteiger partial charge in [0.05, 0.1) is 0 Å². The van der Waals surface area contributed by atoms with Gasteiger partial charge in [0.25, 0.3) is 0 Å². The summed E-state index contributed by atoms with van der Waals surface area (Å²) in [7, 11) is 0. The quantitative estimate of drug-likeness (QED) is 0.532. The highest BCUT2D eigenvalue weighted by Gasteiger charge is 2.18. The second-order valence-corrected chi connectivity index (χ2v) is 4.82. The van der Waals surface area contributed by atoms with Crippen molar-refractivity contribution >= 4 is 11.9 Å². The summed E-state index contributed by atoms with van der Waals surface area (Å²) in [6.07, 6.45) is 7.22. The standard InChI is InChI=1S/C15H22N2O3/c1-2-8-13(15(19)20)16-14(18)9-4-7-12-17-10-5-3-6-11-17/h3,5-6,10-11,13H,2,4,7-9,12H2,1H3,(H-,16,18,19,20)/p+1. The van der Waals surface area contributed by atoms with Crippen molar-refractivity contribution < 1.29 is 19.3 Å². The third kappa shape index (κ3) is 6.31. The van der Waals surface area contributed by atoms with Gasteiger partial charge in [-0.05, 0) is 12.8 Å². The van der Waals surface area contributed by atoms with Crippen LogP contribution in [-0.2, 0) is 16.1 Å². The molecule has 0 radical (unpaired) electrons. The molecule has 0 saturated heterocycles. The Labute approximate surface area is 119 Å². The molecule has 0 fully saturated rings. The highest BCUT2D eigenvalue weighted by atomic mass is 16.4. The van der Waals surface area contributed by atoms with Crippen LogP contribution in [0, 0.1) is 0 Å². The molecule has 1 aromatic heterocycles. The zero-order chi connectivity index (χ0) is 14.8. The van der Waals surface area contributed by atoms with E-state index in [2.05, 4.69) is 9.88 Å². The number of aryl methyl sites for hydroxylation is 1. The molecule has 5 nitrogen and oxygen atoms in total. The maximum Gasteiger partial charge on any atom is 0.326 e. The van der Waals surface area contributed by atoms with E-state index in [4.69, 9.17) is 5.11 Å². The number of carbonyl (C=O) groups is 2. The fourth-order valence-electron chi connectivity index (χ4n) is 1.98. The molecule has 1 atom stereocenters. The fraction of sp³-hybridized carbons (Fsp3) is 0.533. The highest BCUT2D eigenvalue weighted by molar-refractivity contribution is 5.83. The first-order valence-electron chi connectivity index (χ1n) is 7.09. The number of aromatic nitrogens is 1. The molecular weight excluding hydrogens is 256 g/mol. The van der Waals surface area contributed by atoms with Gasteiger partial charge in [-0.2, -0.15) is 0 Å². The molecule has 0 aliphatic carbocycles. The Kier molecular flexibility index (Phi) is 7.32. The monoisotopic (exact) mass is 279 g/mol. The SMILES string of the molecule is CCCC(NC(=O)CCCC[n+]1ccccc1)C(=O)O. The summed E-state index contributed by atoms with van der Waals surface area (Å²) in [4.78, 5) is 22.6. The molecule has 1 rings (SSSR count). The van der Waals surface area contributed by atoms with Gasteiger partial charge in [0, 0.05) is 25.0 Å². The van der Waals surface area contributed by atoms with Crippen molar-refractivity contribution in [3.05, 3.63) is 30.6 Å². The Hall–Kier alpha value is -1.91. The lowest BCUT2D eigenvalue weighted by atomic mass is 10.1. The van der Waals surface area contributed by atoms with E-state index >= 15 is 0 Å². The first-order valence-corrected chi connectivity index (χ1v) is 7.09. The lowest BCUT2D eigenvalue weighted by Gasteiger charge is -2.13. The minimum atomic E-state index is -0.958. The summed E-state index contributed by atoms with van der Waals surface area (Å²) in [5, 5.41) is 11.5. The normalized spacial score (nSPS) is 11.8. The minimum absolute atomic E-state index is 0.177. The van der Waals surface area contributed by atoms with Crippen molar-refractivity contribution in [2.24, 2.45) is 0 Å². The van der Waals surface area contributed by atoms with Gasteiger partial charge in [-0.1, -0.05) is 19.4 Å². The van der Waals surface area contributed by atoms with Crippen molar-refractivity contribution in [3.63, 3.8) is 0 Å². The molecule has 1 aromatic rings. The van der Waals surface area contributed by atoms with E-state index in [1.807, 2.05) is 37.5 Å². The number of rotatable bonds is 9. The molecule has 0 spiro atoms. The van der Waals surface area contributed by atoms with Crippen molar-refractivity contribution in [2.45, 2.75) is 51.6 Å². The van der Waals surface area contributed by atoms with Gasteiger partial charge < -0.3 is 10.4 Å². The summed E-state index contributed by atoms with van der Waals surface area (Å²) < 4.78 is 2.06. The van der Waals surface area contributed by atoms with E-state index in [1.54, 1.807) is 0 Å². The Morgan fingerprint density at radius 2 is 1.90 bits per heavy atom. The second-order valence-electron chi connectivity index (χ2n) is 4.82. The molecule has 0 aromatic carbocycles. The second kappa shape index (κ2) is 9.07. The molecule has 20 heavy (non-hydrogen) atoms. The Balaban J connectivity index is 2.21. The van der Waals surface area contributed by atoms with Gasteiger partial charge in [0.15, 0.2) is 12.4 Å². The van der Waals surface area contributed by atoms with Gasteiger partial charge in [0.2, 0.25) is 5.91 Å². The van der Waals surface area contributed by atoms with Gasteiger partial charge in [-0.25, -0.2) is 9.36 Å². The van der Waals surface area contributed by atoms with E-state index in [0.717, 1.165) is 25.8 Å². The zero-order valence-electron chi connectivity index (χ0n) is 11.9. The number of hydrogen-bond acceptors (Lipinski definition) is 2. The van der Waals surface area contributed by atoms with Crippen molar-refractivity contribution in [2.75, 3.05) is 0 Å². The van der Waals surface area contributed by atoms with Crippen LogP contribution in [0.1, 0.15) is 39.0 Å². The Morgan fingerprint density at radius 3 is 2.50 bits per heavy atom. The number of pyridine rings is 1. The average molecular weight is 279 g/mol. The van der Waals surface area contributed by atoms with E-state index in [1.165, 1.54) is 0 Å². The third-order valence-corrected chi connectivity index (χ3v) is 3.06. The summed E-state index contributed by atoms with van der Waals surface area (Å²) in [5.74, 6) is -1.14. The lowest BCUT2D eigenvalue weighted by Crippen LogP contribution is -2.40. The topological polar surface area (TPSA) is 70.3 Å². The Bertz CT molecular complexity index is 420. The van der Waals surface area contributed by atoms with E-state index in [0.29, 0.717) is 12.8 Å². The van der Waals surface area contributed by atoms with Crippen LogP contribution in [0.4, 0.5) is 0 Å². The highest BCUT2D eigenvalue weighted by Crippen LogP contribution is 2.00. The number of hydrogen-bond donors (Lipinski definition) is 2. The molecule has 5 heteroatoms. The van der Waals surface area contributed by atoms with Gasteiger partial charge in [-0.3, -0.25) is 4.79 Å². The number of unbranched alkanes of at least 4 members (excludes halogenated alkanes) is 1. The summed E-state index contributed by atoms with van der Waals surface area (Å²) >= 11 is 0. The van der Waals surface area contributed by atoms with Crippen LogP contribution in [0.3, 0.4) is 0 Å². The van der Waals surface area contributed by atoms with E-state index in [-0.39, 0.29) is 5.91 Å². The number of aliphatic carboxylic acids is 1. The van der Waals surface area contributed by atoms with E-state index < -0.39 is 12.0 Å². The van der Waals surface area contributed by atoms with Gasteiger partial charge >= 0.3 is 5.97 Å². The van der Waals surface area contributed by atoms with Gasteiger partial charge in [-0.15, -0.1) is 0 Å². The molecule has 1 heterocycles. The fourth-order valence-corrected chi connectivity index (χ4v) is 1.98. The Morgan fingerprint density at radius 1 is 1.20 bits per heavy atom. The van der Waals surface area contributed by atoms with Crippen LogP contribution in [-0.4, -0.2) is 23.0 Å². The molecule has 110 valence electrons. The first-order chi connectivity index (χ1) is 9.63. The largest absolute Gasteiger partial charge is 0.480 e. The zero-order valence-corrected chi connectivity index (χ0v) is 11.9. The van der Waals surface area contributed by atoms with Crippen LogP contribution in [0.25, 0.3) is 0 Å². The van der Waals surface area contributed by atoms with Crippen LogP contribution >= 0.6 is 0 Å². The molecule has 0 saturated carbocycles. The summed E-state index contributed by atoms with van der Waals surface area (Å²) in [6.45, 7) is 2.77. The average Bonchev–Trinajstić information content (AvgIpc) is 2.44. The van der Waals surface area contributed by atoms with E-state index in [9.17, 15) is 9.59 Å².